The lowest BCUT2D eigenvalue weighted by atomic mass is 10.1. The van der Waals surface area contributed by atoms with Crippen molar-refractivity contribution in [2.24, 2.45) is 4.99 Å². The van der Waals surface area contributed by atoms with Crippen molar-refractivity contribution in [3.8, 4) is 0 Å². The Hall–Kier alpha value is -2.29. The van der Waals surface area contributed by atoms with Crippen LogP contribution in [0.3, 0.4) is 0 Å². The zero-order chi connectivity index (χ0) is 17.0. The minimum atomic E-state index is 0.954. The van der Waals surface area contributed by atoms with E-state index >= 15 is 0 Å². The molecular weight excluding hydrogens is 282 g/mol. The summed E-state index contributed by atoms with van der Waals surface area (Å²) < 4.78 is 0. The molecule has 0 atom stereocenters. The number of nitrogens with zero attached hydrogens (tertiary/aromatic N) is 3. The summed E-state index contributed by atoms with van der Waals surface area (Å²) in [7, 11) is 4.15. The number of hydrogen-bond acceptors (Lipinski definition) is 2. The van der Waals surface area contributed by atoms with Gasteiger partial charge in [-0.2, -0.15) is 0 Å². The molecule has 0 saturated carbocycles. The van der Waals surface area contributed by atoms with Gasteiger partial charge >= 0.3 is 0 Å². The first kappa shape index (κ1) is 17.1. The van der Waals surface area contributed by atoms with Crippen molar-refractivity contribution < 1.29 is 0 Å². The summed E-state index contributed by atoms with van der Waals surface area (Å²) in [6.45, 7) is 9.45. The first-order chi connectivity index (χ1) is 10.9. The van der Waals surface area contributed by atoms with Crippen molar-refractivity contribution in [3.63, 3.8) is 0 Å². The Labute approximate surface area is 140 Å². The Morgan fingerprint density at radius 2 is 1.74 bits per heavy atom. The van der Waals surface area contributed by atoms with Gasteiger partial charge in [-0.1, -0.05) is 12.1 Å². The summed E-state index contributed by atoms with van der Waals surface area (Å²) in [5.74, 6) is 0. The van der Waals surface area contributed by atoms with Crippen LogP contribution in [0, 0.1) is 20.8 Å². The topological polar surface area (TPSA) is 18.8 Å². The van der Waals surface area contributed by atoms with E-state index in [-0.39, 0.29) is 0 Å². The Balaban J connectivity index is 2.34. The molecule has 2 aromatic rings. The molecule has 0 aliphatic carbocycles. The quantitative estimate of drug-likeness (QED) is 0.572. The highest BCUT2D eigenvalue weighted by atomic mass is 15.1. The SMILES string of the molecule is CCN(C)C=Nc1cc(C)c(N(C)c2cccc(C)c2)cc1C. The molecule has 23 heavy (non-hydrogen) atoms. The third-order valence-electron chi connectivity index (χ3n) is 4.16. The van der Waals surface area contributed by atoms with Crippen LogP contribution in [-0.2, 0) is 0 Å². The second kappa shape index (κ2) is 7.32. The number of aryl methyl sites for hydroxylation is 3. The van der Waals surface area contributed by atoms with Gasteiger partial charge in [-0.25, -0.2) is 4.99 Å². The maximum Gasteiger partial charge on any atom is 0.0909 e. The molecule has 0 aliphatic heterocycles. The highest BCUT2D eigenvalue weighted by Crippen LogP contribution is 2.32. The number of benzene rings is 2. The predicted octanol–water partition coefficient (Wildman–Crippen LogP) is 4.99. The van der Waals surface area contributed by atoms with Crippen LogP contribution >= 0.6 is 0 Å². The van der Waals surface area contributed by atoms with Gasteiger partial charge in [0.1, 0.15) is 0 Å². The molecule has 0 bridgehead atoms. The molecule has 0 heterocycles. The van der Waals surface area contributed by atoms with E-state index in [0.29, 0.717) is 0 Å². The number of aliphatic imine (C=N–C) groups is 1. The van der Waals surface area contributed by atoms with Crippen molar-refractivity contribution >= 4 is 23.4 Å². The molecule has 0 amide bonds. The summed E-state index contributed by atoms with van der Waals surface area (Å²) in [5, 5.41) is 0. The molecule has 122 valence electrons. The molecule has 2 aromatic carbocycles. The molecule has 0 aliphatic rings. The van der Waals surface area contributed by atoms with Crippen LogP contribution in [0.1, 0.15) is 23.6 Å². The van der Waals surface area contributed by atoms with Gasteiger partial charge in [0.25, 0.3) is 0 Å². The molecule has 3 heteroatoms. The van der Waals surface area contributed by atoms with Crippen LogP contribution in [0.5, 0.6) is 0 Å². The molecule has 0 radical (unpaired) electrons. The predicted molar refractivity (Wildman–Crippen MR) is 102 cm³/mol. The zero-order valence-corrected chi connectivity index (χ0v) is 15.1. The normalized spacial score (nSPS) is 11.0. The summed E-state index contributed by atoms with van der Waals surface area (Å²) in [6.07, 6.45) is 1.89. The maximum absolute atomic E-state index is 4.61. The average molecular weight is 309 g/mol. The van der Waals surface area contributed by atoms with Crippen LogP contribution in [0.2, 0.25) is 0 Å². The molecule has 0 N–H and O–H groups in total. The van der Waals surface area contributed by atoms with E-state index in [1.54, 1.807) is 0 Å². The van der Waals surface area contributed by atoms with Gasteiger partial charge in [0, 0.05) is 32.0 Å². The number of hydrogen-bond donors (Lipinski definition) is 0. The molecule has 0 spiro atoms. The van der Waals surface area contributed by atoms with Gasteiger partial charge in [0.05, 0.1) is 12.0 Å². The van der Waals surface area contributed by atoms with Crippen molar-refractivity contribution in [3.05, 3.63) is 53.1 Å². The fraction of sp³-hybridized carbons (Fsp3) is 0.350. The highest BCUT2D eigenvalue weighted by molar-refractivity contribution is 5.72. The lowest BCUT2D eigenvalue weighted by Gasteiger charge is -2.23. The van der Waals surface area contributed by atoms with Crippen molar-refractivity contribution in [2.75, 3.05) is 25.5 Å². The molecule has 0 unspecified atom stereocenters. The summed E-state index contributed by atoms with van der Waals surface area (Å²) in [4.78, 5) is 8.92. The van der Waals surface area contributed by atoms with E-state index in [1.807, 2.05) is 13.4 Å². The summed E-state index contributed by atoms with van der Waals surface area (Å²) >= 11 is 0. The Kier molecular flexibility index (Phi) is 5.43. The standard InChI is InChI=1S/C20H27N3/c1-7-22(5)14-21-19-12-17(4)20(13-16(19)3)23(6)18-10-8-9-15(2)11-18/h8-14H,7H2,1-6H3. The van der Waals surface area contributed by atoms with E-state index in [0.717, 1.165) is 12.2 Å². The van der Waals surface area contributed by atoms with E-state index in [9.17, 15) is 0 Å². The van der Waals surface area contributed by atoms with Gasteiger partial charge < -0.3 is 9.80 Å². The van der Waals surface area contributed by atoms with E-state index in [4.69, 9.17) is 0 Å². The molecule has 2 rings (SSSR count). The molecule has 3 nitrogen and oxygen atoms in total. The first-order valence-electron chi connectivity index (χ1n) is 8.08. The van der Waals surface area contributed by atoms with Gasteiger partial charge in [-0.15, -0.1) is 0 Å². The first-order valence-corrected chi connectivity index (χ1v) is 8.08. The van der Waals surface area contributed by atoms with Crippen LogP contribution < -0.4 is 4.90 Å². The van der Waals surface area contributed by atoms with Gasteiger partial charge in [0.15, 0.2) is 0 Å². The van der Waals surface area contributed by atoms with E-state index in [1.165, 1.54) is 28.1 Å². The highest BCUT2D eigenvalue weighted by Gasteiger charge is 2.10. The molecule has 0 saturated heterocycles. The average Bonchev–Trinajstić information content (AvgIpc) is 2.54. The Morgan fingerprint density at radius 1 is 1.00 bits per heavy atom. The van der Waals surface area contributed by atoms with Crippen molar-refractivity contribution in [2.45, 2.75) is 27.7 Å². The second-order valence-electron chi connectivity index (χ2n) is 6.14. The third-order valence-corrected chi connectivity index (χ3v) is 4.16. The van der Waals surface area contributed by atoms with Crippen LogP contribution in [0.4, 0.5) is 17.1 Å². The largest absolute Gasteiger partial charge is 0.366 e. The minimum Gasteiger partial charge on any atom is -0.366 e. The third kappa shape index (κ3) is 4.13. The molecular formula is C20H27N3. The van der Waals surface area contributed by atoms with Crippen molar-refractivity contribution in [1.82, 2.24) is 4.90 Å². The van der Waals surface area contributed by atoms with Crippen LogP contribution in [-0.4, -0.2) is 31.9 Å². The fourth-order valence-corrected chi connectivity index (χ4v) is 2.50. The van der Waals surface area contributed by atoms with E-state index in [2.05, 4.69) is 85.9 Å². The lowest BCUT2D eigenvalue weighted by molar-refractivity contribution is 0.552. The van der Waals surface area contributed by atoms with Crippen LogP contribution in [0.15, 0.2) is 41.4 Å². The van der Waals surface area contributed by atoms with Crippen LogP contribution in [0.25, 0.3) is 0 Å². The summed E-state index contributed by atoms with van der Waals surface area (Å²) in [6, 6.07) is 13.0. The van der Waals surface area contributed by atoms with E-state index < -0.39 is 0 Å². The fourth-order valence-electron chi connectivity index (χ4n) is 2.50. The Morgan fingerprint density at radius 3 is 2.39 bits per heavy atom. The van der Waals surface area contributed by atoms with Gasteiger partial charge in [-0.3, -0.25) is 0 Å². The number of anilines is 2. The second-order valence-corrected chi connectivity index (χ2v) is 6.14. The zero-order valence-electron chi connectivity index (χ0n) is 15.1. The van der Waals surface area contributed by atoms with Crippen molar-refractivity contribution in [1.29, 1.82) is 0 Å². The monoisotopic (exact) mass is 309 g/mol. The smallest absolute Gasteiger partial charge is 0.0909 e. The molecule has 0 aromatic heterocycles. The number of rotatable bonds is 5. The van der Waals surface area contributed by atoms with Gasteiger partial charge in [0.2, 0.25) is 0 Å². The lowest BCUT2D eigenvalue weighted by Crippen LogP contribution is -2.14. The minimum absolute atomic E-state index is 0.954. The molecule has 0 fully saturated rings. The maximum atomic E-state index is 4.61. The van der Waals surface area contributed by atoms with Gasteiger partial charge in [-0.05, 0) is 68.7 Å². The summed E-state index contributed by atoms with van der Waals surface area (Å²) in [5.41, 5.74) is 7.14. The Bertz CT molecular complexity index is 704.